The lowest BCUT2D eigenvalue weighted by atomic mass is 10.1. The van der Waals surface area contributed by atoms with Gasteiger partial charge in [0.05, 0.1) is 3.79 Å². The largest absolute Gasteiger partial charge is 0.383 e. The molecule has 0 spiro atoms. The van der Waals surface area contributed by atoms with E-state index in [-0.39, 0.29) is 10.8 Å². The van der Waals surface area contributed by atoms with Crippen LogP contribution >= 0.6 is 38.6 Å². The Kier molecular flexibility index (Phi) is 4.49. The summed E-state index contributed by atoms with van der Waals surface area (Å²) in [5.41, 5.74) is -1.21. The molecule has 8 heteroatoms. The van der Waals surface area contributed by atoms with Crippen LogP contribution in [0.15, 0.2) is 37.6 Å². The maximum atomic E-state index is 12.0. The lowest BCUT2D eigenvalue weighted by molar-refractivity contribution is 0.0666. The Labute approximate surface area is 128 Å². The second-order valence-corrected chi connectivity index (χ2v) is 9.54. The molecule has 0 aliphatic carbocycles. The van der Waals surface area contributed by atoms with Gasteiger partial charge in [0.1, 0.15) is 9.81 Å². The third kappa shape index (κ3) is 3.65. The van der Waals surface area contributed by atoms with Gasteiger partial charge in [0.15, 0.2) is 0 Å². The van der Waals surface area contributed by atoms with Crippen LogP contribution in [-0.4, -0.2) is 20.1 Å². The van der Waals surface area contributed by atoms with Crippen LogP contribution < -0.4 is 4.72 Å². The zero-order chi connectivity index (χ0) is 14.1. The maximum Gasteiger partial charge on any atom is 0.250 e. The van der Waals surface area contributed by atoms with Crippen LogP contribution in [0.5, 0.6) is 0 Å². The van der Waals surface area contributed by atoms with Crippen molar-refractivity contribution in [1.29, 1.82) is 0 Å². The van der Waals surface area contributed by atoms with Gasteiger partial charge < -0.3 is 5.11 Å². The van der Waals surface area contributed by atoms with E-state index in [0.717, 1.165) is 20.0 Å². The van der Waals surface area contributed by atoms with Crippen LogP contribution in [0.1, 0.15) is 11.8 Å². The molecule has 0 saturated carbocycles. The van der Waals surface area contributed by atoms with E-state index in [0.29, 0.717) is 0 Å². The molecule has 0 amide bonds. The van der Waals surface area contributed by atoms with Gasteiger partial charge in [-0.15, -0.1) is 22.7 Å². The molecule has 0 unspecified atom stereocenters. The van der Waals surface area contributed by atoms with Crippen LogP contribution in [0, 0.1) is 0 Å². The van der Waals surface area contributed by atoms with E-state index in [1.807, 2.05) is 11.4 Å². The van der Waals surface area contributed by atoms with E-state index in [1.54, 1.807) is 19.1 Å². The maximum absolute atomic E-state index is 12.0. The van der Waals surface area contributed by atoms with Crippen molar-refractivity contribution in [2.24, 2.45) is 0 Å². The summed E-state index contributed by atoms with van der Waals surface area (Å²) in [7, 11) is -3.58. The molecular weight excluding hydrogens is 370 g/mol. The van der Waals surface area contributed by atoms with E-state index in [4.69, 9.17) is 0 Å². The minimum atomic E-state index is -3.58. The Morgan fingerprint density at radius 3 is 2.68 bits per heavy atom. The van der Waals surface area contributed by atoms with Crippen molar-refractivity contribution < 1.29 is 13.5 Å². The standard InChI is InChI=1S/C11H12BrNO3S3/c1-11(14,8-3-2-6-17-8)7-13-19(15,16)10-5-4-9(12)18-10/h2-6,13-14H,7H2,1H3/t11-/m1/s1. The van der Waals surface area contributed by atoms with Crippen LogP contribution in [-0.2, 0) is 15.6 Å². The van der Waals surface area contributed by atoms with Gasteiger partial charge in [-0.1, -0.05) is 6.07 Å². The van der Waals surface area contributed by atoms with Gasteiger partial charge in [0.25, 0.3) is 0 Å². The van der Waals surface area contributed by atoms with Crippen molar-refractivity contribution >= 4 is 48.6 Å². The number of thiophene rings is 2. The fourth-order valence-electron chi connectivity index (χ4n) is 1.42. The number of hydrogen-bond donors (Lipinski definition) is 2. The fourth-order valence-corrected chi connectivity index (χ4v) is 5.39. The topological polar surface area (TPSA) is 66.4 Å². The van der Waals surface area contributed by atoms with Gasteiger partial charge >= 0.3 is 0 Å². The molecule has 0 bridgehead atoms. The van der Waals surface area contributed by atoms with Gasteiger partial charge in [-0.25, -0.2) is 13.1 Å². The summed E-state index contributed by atoms with van der Waals surface area (Å²) in [4.78, 5) is 0.725. The smallest absolute Gasteiger partial charge is 0.250 e. The first-order valence-electron chi connectivity index (χ1n) is 5.33. The first-order valence-corrected chi connectivity index (χ1v) is 9.30. The summed E-state index contributed by atoms with van der Waals surface area (Å²) >= 11 is 5.75. The molecule has 4 nitrogen and oxygen atoms in total. The molecule has 0 radical (unpaired) electrons. The van der Waals surface area contributed by atoms with Crippen LogP contribution in [0.3, 0.4) is 0 Å². The van der Waals surface area contributed by atoms with Crippen molar-refractivity contribution in [3.8, 4) is 0 Å². The Bertz CT molecular complexity index is 647. The number of aliphatic hydroxyl groups is 1. The zero-order valence-corrected chi connectivity index (χ0v) is 14.0. The Morgan fingerprint density at radius 2 is 2.16 bits per heavy atom. The van der Waals surface area contributed by atoms with E-state index >= 15 is 0 Å². The van der Waals surface area contributed by atoms with Crippen molar-refractivity contribution in [2.45, 2.75) is 16.7 Å². The number of sulfonamides is 1. The molecule has 2 heterocycles. The van der Waals surface area contributed by atoms with Gasteiger partial charge in [-0.2, -0.15) is 0 Å². The highest BCUT2D eigenvalue weighted by Gasteiger charge is 2.27. The molecule has 0 aliphatic heterocycles. The SMILES string of the molecule is C[C@@](O)(CNS(=O)(=O)c1ccc(Br)s1)c1cccs1. The molecule has 19 heavy (non-hydrogen) atoms. The summed E-state index contributed by atoms with van der Waals surface area (Å²) in [6.45, 7) is 1.52. The molecular formula is C11H12BrNO3S3. The van der Waals surface area contributed by atoms with E-state index in [1.165, 1.54) is 17.4 Å². The third-order valence-corrected chi connectivity index (χ3v) is 7.11. The molecule has 0 fully saturated rings. The van der Waals surface area contributed by atoms with Crippen molar-refractivity contribution in [1.82, 2.24) is 4.72 Å². The minimum absolute atomic E-state index is 0.0641. The number of rotatable bonds is 5. The zero-order valence-electron chi connectivity index (χ0n) is 9.96. The van der Waals surface area contributed by atoms with Crippen LogP contribution in [0.25, 0.3) is 0 Å². The van der Waals surface area contributed by atoms with Crippen molar-refractivity contribution in [3.63, 3.8) is 0 Å². The monoisotopic (exact) mass is 381 g/mol. The lowest BCUT2D eigenvalue weighted by Crippen LogP contribution is -2.37. The molecule has 2 aromatic heterocycles. The first-order chi connectivity index (χ1) is 8.81. The fraction of sp³-hybridized carbons (Fsp3) is 0.273. The molecule has 0 saturated heterocycles. The summed E-state index contributed by atoms with van der Waals surface area (Å²) in [5, 5.41) is 12.1. The quantitative estimate of drug-likeness (QED) is 0.836. The number of nitrogens with one attached hydrogen (secondary N) is 1. The number of hydrogen-bond acceptors (Lipinski definition) is 5. The molecule has 2 rings (SSSR count). The van der Waals surface area contributed by atoms with Crippen LogP contribution in [0.4, 0.5) is 0 Å². The van der Waals surface area contributed by atoms with Crippen molar-refractivity contribution in [2.75, 3.05) is 6.54 Å². The molecule has 2 aromatic rings. The normalized spacial score (nSPS) is 15.3. The summed E-state index contributed by atoms with van der Waals surface area (Å²) in [6.07, 6.45) is 0. The van der Waals surface area contributed by atoms with Crippen molar-refractivity contribution in [3.05, 3.63) is 38.3 Å². The molecule has 0 aromatic carbocycles. The van der Waals surface area contributed by atoms with E-state index < -0.39 is 15.6 Å². The second-order valence-electron chi connectivity index (χ2n) is 4.13. The second kappa shape index (κ2) is 5.63. The highest BCUT2D eigenvalue weighted by molar-refractivity contribution is 9.11. The minimum Gasteiger partial charge on any atom is -0.383 e. The van der Waals surface area contributed by atoms with Gasteiger partial charge in [-0.05, 0) is 46.4 Å². The Balaban J connectivity index is 2.10. The Hall–Kier alpha value is -0.250. The third-order valence-electron chi connectivity index (χ3n) is 2.47. The molecule has 2 N–H and O–H groups in total. The summed E-state index contributed by atoms with van der Waals surface area (Å²) in [6, 6.07) is 6.80. The summed E-state index contributed by atoms with van der Waals surface area (Å²) in [5.74, 6) is 0. The summed E-state index contributed by atoms with van der Waals surface area (Å²) < 4.78 is 27.5. The predicted molar refractivity (Wildman–Crippen MR) is 81.1 cm³/mol. The number of halogens is 1. The van der Waals surface area contributed by atoms with E-state index in [2.05, 4.69) is 20.7 Å². The Morgan fingerprint density at radius 1 is 1.42 bits per heavy atom. The molecule has 1 atom stereocenters. The molecule has 104 valence electrons. The highest BCUT2D eigenvalue weighted by atomic mass is 79.9. The predicted octanol–water partition coefficient (Wildman–Crippen LogP) is 2.76. The first kappa shape index (κ1) is 15.1. The van der Waals surface area contributed by atoms with Gasteiger partial charge in [-0.3, -0.25) is 0 Å². The van der Waals surface area contributed by atoms with Gasteiger partial charge in [0.2, 0.25) is 10.0 Å². The average Bonchev–Trinajstić information content (AvgIpc) is 2.97. The van der Waals surface area contributed by atoms with E-state index in [9.17, 15) is 13.5 Å². The average molecular weight is 382 g/mol. The van der Waals surface area contributed by atoms with Crippen LogP contribution in [0.2, 0.25) is 0 Å². The molecule has 0 aliphatic rings. The highest BCUT2D eigenvalue weighted by Crippen LogP contribution is 2.28. The van der Waals surface area contributed by atoms with Gasteiger partial charge in [0, 0.05) is 11.4 Å². The lowest BCUT2D eigenvalue weighted by Gasteiger charge is -2.21.